The summed E-state index contributed by atoms with van der Waals surface area (Å²) in [6.45, 7) is 2.17. The highest BCUT2D eigenvalue weighted by molar-refractivity contribution is 6.33. The monoisotopic (exact) mass is 875 g/mol. The number of fused-ring (bicyclic) bond motifs is 4. The number of pyridine rings is 1. The quantitative estimate of drug-likeness (QED) is 0.136. The van der Waals surface area contributed by atoms with E-state index in [1.54, 1.807) is 60.7 Å². The molecular formula is C44H38Cl2F3N5O7. The third kappa shape index (κ3) is 6.73. The lowest BCUT2D eigenvalue weighted by atomic mass is 9.49. The second-order valence-electron chi connectivity index (χ2n) is 15.7. The molecule has 3 aliphatic heterocycles. The molecule has 0 unspecified atom stereocenters. The van der Waals surface area contributed by atoms with Gasteiger partial charge in [0.05, 0.1) is 59.3 Å². The summed E-state index contributed by atoms with van der Waals surface area (Å²) >= 11 is 12.7. The van der Waals surface area contributed by atoms with Crippen LogP contribution in [0.2, 0.25) is 10.0 Å². The number of alkyl halides is 3. The Morgan fingerprint density at radius 2 is 1.61 bits per heavy atom. The number of ether oxygens (including phenoxy) is 2. The van der Waals surface area contributed by atoms with E-state index in [-0.39, 0.29) is 37.8 Å². The van der Waals surface area contributed by atoms with Crippen LogP contribution in [0.25, 0.3) is 0 Å². The molecule has 2 N–H and O–H groups in total. The average Bonchev–Trinajstić information content (AvgIpc) is 3.64. The van der Waals surface area contributed by atoms with Crippen molar-refractivity contribution in [3.63, 3.8) is 0 Å². The van der Waals surface area contributed by atoms with Crippen LogP contribution in [0.3, 0.4) is 0 Å². The number of rotatable bonds is 9. The van der Waals surface area contributed by atoms with E-state index in [2.05, 4.69) is 15.3 Å². The largest absolute Gasteiger partial charge is 0.491 e. The van der Waals surface area contributed by atoms with Gasteiger partial charge in [-0.25, -0.2) is 4.98 Å². The molecule has 316 valence electrons. The third-order valence-electron chi connectivity index (χ3n) is 12.6. The number of nitrogens with zero attached hydrogens (tertiary/aromatic N) is 4. The number of imide groups is 2. The van der Waals surface area contributed by atoms with Crippen molar-refractivity contribution in [2.75, 3.05) is 54.7 Å². The molecule has 0 radical (unpaired) electrons. The van der Waals surface area contributed by atoms with Gasteiger partial charge in [-0.3, -0.25) is 29.5 Å². The van der Waals surface area contributed by atoms with Gasteiger partial charge in [0.15, 0.2) is 5.82 Å². The zero-order chi connectivity index (χ0) is 42.8. The van der Waals surface area contributed by atoms with E-state index in [1.165, 1.54) is 4.90 Å². The summed E-state index contributed by atoms with van der Waals surface area (Å²) in [5.41, 5.74) is 2.62. The summed E-state index contributed by atoms with van der Waals surface area (Å²) in [6.07, 6.45) is -2.21. The van der Waals surface area contributed by atoms with E-state index >= 15 is 9.59 Å². The highest BCUT2D eigenvalue weighted by Crippen LogP contribution is 2.65. The average molecular weight is 877 g/mol. The first-order chi connectivity index (χ1) is 29.3. The number of aliphatic hydroxyl groups is 1. The normalized spacial score (nSPS) is 26.2. The van der Waals surface area contributed by atoms with E-state index in [0.29, 0.717) is 71.7 Å². The topological polar surface area (TPSA) is 142 Å². The van der Waals surface area contributed by atoms with Crippen LogP contribution < -0.4 is 20.0 Å². The molecule has 6 atom stereocenters. The Morgan fingerprint density at radius 3 is 2.30 bits per heavy atom. The molecule has 1 saturated carbocycles. The molecule has 4 heterocycles. The molecule has 0 bridgehead atoms. The number of hydrogen-bond donors (Lipinski definition) is 2. The fourth-order valence-corrected chi connectivity index (χ4v) is 10.4. The van der Waals surface area contributed by atoms with Gasteiger partial charge in [-0.05, 0) is 72.9 Å². The fraction of sp³-hybridized carbons (Fsp3) is 0.341. The number of nitrogens with one attached hydrogen (secondary N) is 1. The van der Waals surface area contributed by atoms with Crippen molar-refractivity contribution in [1.82, 2.24) is 9.99 Å². The summed E-state index contributed by atoms with van der Waals surface area (Å²) < 4.78 is 52.3. The van der Waals surface area contributed by atoms with Crippen molar-refractivity contribution in [3.05, 3.63) is 123 Å². The lowest BCUT2D eigenvalue weighted by molar-refractivity contribution is -0.139. The summed E-state index contributed by atoms with van der Waals surface area (Å²) in [7, 11) is 0. The Morgan fingerprint density at radius 1 is 0.902 bits per heavy atom. The maximum atomic E-state index is 15.5. The van der Waals surface area contributed by atoms with Gasteiger partial charge in [0.1, 0.15) is 12.4 Å². The van der Waals surface area contributed by atoms with Crippen LogP contribution in [0.5, 0.6) is 5.75 Å². The summed E-state index contributed by atoms with van der Waals surface area (Å²) in [4.78, 5) is 66.9. The standard InChI is InChI=1S/C44H38Cl2F3N5O7/c45-26-7-5-24(6-8-26)43-33(40(57)54(42(43)59)51-38-34(46)21-25(23-50-38)44(47,48)49)22-32-29(37(43)30-3-1-2-4-35(30)61-20-17-55)13-14-31-36(32)41(58)53(39(31)56)28-11-9-27(10-12-28)52-15-18-60-19-16-52/h1-13,21,23,31-33,36-37,55H,14-20,22H2,(H,50,51)/t31-,32+,33-,36-,37+,43+/m0/s1. The number of morpholine rings is 1. The fourth-order valence-electron chi connectivity index (χ4n) is 10.0. The van der Waals surface area contributed by atoms with Crippen molar-refractivity contribution >= 4 is 64.0 Å². The summed E-state index contributed by atoms with van der Waals surface area (Å²) in [5.74, 6) is -6.96. The van der Waals surface area contributed by atoms with Gasteiger partial charge in [0.25, 0.3) is 11.8 Å². The molecule has 17 heteroatoms. The predicted molar refractivity (Wildman–Crippen MR) is 218 cm³/mol. The maximum Gasteiger partial charge on any atom is 0.417 e. The van der Waals surface area contributed by atoms with Crippen LogP contribution in [0.1, 0.15) is 35.4 Å². The summed E-state index contributed by atoms with van der Waals surface area (Å²) in [6, 6.07) is 21.3. The molecule has 4 amide bonds. The molecule has 3 aromatic carbocycles. The molecular weight excluding hydrogens is 838 g/mol. The van der Waals surface area contributed by atoms with E-state index in [1.807, 2.05) is 18.2 Å². The number of aromatic nitrogens is 1. The SMILES string of the molecule is O=C1[C@@H]2C[C@@H]3C(=CC[C@@H]4C(=O)N(c5ccc(N6CCOCC6)cc5)C(=O)[C@@H]43)[C@H](c3ccccc3OCCO)[C@]2(c2ccc(Cl)cc2)C(=O)N1Nc1ncc(C(F)(F)F)cc1Cl. The van der Waals surface area contributed by atoms with Gasteiger partial charge in [0.2, 0.25) is 11.8 Å². The highest BCUT2D eigenvalue weighted by Gasteiger charge is 2.71. The first-order valence-electron chi connectivity index (χ1n) is 19.8. The Balaban J connectivity index is 1.17. The van der Waals surface area contributed by atoms with E-state index < -0.39 is 69.5 Å². The predicted octanol–water partition coefficient (Wildman–Crippen LogP) is 6.80. The Labute approximate surface area is 357 Å². The molecule has 0 spiro atoms. The number of hydrazine groups is 1. The Bertz CT molecular complexity index is 2450. The number of amides is 4. The van der Waals surface area contributed by atoms with Gasteiger partial charge in [-0.1, -0.05) is 65.2 Å². The highest BCUT2D eigenvalue weighted by atomic mass is 35.5. The summed E-state index contributed by atoms with van der Waals surface area (Å²) in [5, 5.41) is 10.4. The maximum absolute atomic E-state index is 15.5. The first-order valence-corrected chi connectivity index (χ1v) is 20.6. The minimum atomic E-state index is -4.76. The Kier molecular flexibility index (Phi) is 10.6. The molecule has 1 aromatic heterocycles. The molecule has 9 rings (SSSR count). The molecule has 4 fully saturated rings. The number of halogens is 5. The van der Waals surface area contributed by atoms with Gasteiger partial charge in [-0.15, -0.1) is 0 Å². The second-order valence-corrected chi connectivity index (χ2v) is 16.5. The lowest BCUT2D eigenvalue weighted by Gasteiger charge is -2.50. The first kappa shape index (κ1) is 40.9. The van der Waals surface area contributed by atoms with Crippen molar-refractivity contribution in [3.8, 4) is 5.75 Å². The molecule has 2 aliphatic carbocycles. The van der Waals surface area contributed by atoms with Gasteiger partial charge in [-0.2, -0.15) is 18.2 Å². The van der Waals surface area contributed by atoms with Crippen LogP contribution in [-0.4, -0.2) is 78.2 Å². The number of aliphatic hydroxyl groups excluding tert-OH is 1. The zero-order valence-corrected chi connectivity index (χ0v) is 33.8. The van der Waals surface area contributed by atoms with Gasteiger partial charge in [0, 0.05) is 41.5 Å². The van der Waals surface area contributed by atoms with Crippen LogP contribution >= 0.6 is 23.2 Å². The van der Waals surface area contributed by atoms with Gasteiger partial charge < -0.3 is 19.5 Å². The zero-order valence-electron chi connectivity index (χ0n) is 32.3. The minimum Gasteiger partial charge on any atom is -0.491 e. The molecule has 3 saturated heterocycles. The molecule has 4 aromatic rings. The lowest BCUT2D eigenvalue weighted by Crippen LogP contribution is -2.53. The number of carbonyl (C=O) groups is 4. The van der Waals surface area contributed by atoms with Crippen molar-refractivity contribution < 1.29 is 46.9 Å². The van der Waals surface area contributed by atoms with Crippen molar-refractivity contribution in [1.29, 1.82) is 0 Å². The molecule has 12 nitrogen and oxygen atoms in total. The van der Waals surface area contributed by atoms with E-state index in [0.717, 1.165) is 10.7 Å². The number of hydrogen-bond acceptors (Lipinski definition) is 10. The van der Waals surface area contributed by atoms with E-state index in [9.17, 15) is 27.9 Å². The number of anilines is 3. The number of carbonyl (C=O) groups excluding carboxylic acids is 4. The minimum absolute atomic E-state index is 0.0501. The van der Waals surface area contributed by atoms with Crippen molar-refractivity contribution in [2.45, 2.75) is 30.4 Å². The molecule has 5 aliphatic rings. The van der Waals surface area contributed by atoms with Crippen molar-refractivity contribution in [2.24, 2.45) is 23.7 Å². The molecule has 61 heavy (non-hydrogen) atoms. The number of benzene rings is 3. The second kappa shape index (κ2) is 15.8. The number of allylic oxidation sites excluding steroid dienone is 2. The van der Waals surface area contributed by atoms with Crippen LogP contribution in [0.15, 0.2) is 96.7 Å². The smallest absolute Gasteiger partial charge is 0.417 e. The van der Waals surface area contributed by atoms with Crippen LogP contribution in [0, 0.1) is 23.7 Å². The van der Waals surface area contributed by atoms with E-state index in [4.69, 9.17) is 32.7 Å². The van der Waals surface area contributed by atoms with Crippen LogP contribution in [-0.2, 0) is 35.5 Å². The third-order valence-corrected chi connectivity index (χ3v) is 13.2. The Hall–Kier alpha value is -5.48. The van der Waals surface area contributed by atoms with Gasteiger partial charge >= 0.3 is 6.18 Å². The van der Waals surface area contributed by atoms with Crippen LogP contribution in [0.4, 0.5) is 30.4 Å². The number of para-hydroxylation sites is 1.